The summed E-state index contributed by atoms with van der Waals surface area (Å²) in [6.07, 6.45) is 0. The summed E-state index contributed by atoms with van der Waals surface area (Å²) >= 11 is 0. The van der Waals surface area contributed by atoms with E-state index in [2.05, 4.69) is 5.32 Å². The number of nitrogens with two attached hydrogens (primary N) is 1. The minimum atomic E-state index is -3.75. The largest absolute Gasteiger partial charge is 0.483 e. The van der Waals surface area contributed by atoms with Crippen molar-refractivity contribution in [2.75, 3.05) is 6.61 Å². The first-order valence-corrected chi connectivity index (χ1v) is 10.2. The highest BCUT2D eigenvalue weighted by atomic mass is 32.2. The van der Waals surface area contributed by atoms with E-state index in [-0.39, 0.29) is 24.0 Å². The molecule has 0 spiro atoms. The molecule has 29 heavy (non-hydrogen) atoms. The highest BCUT2D eigenvalue weighted by Gasteiger charge is 2.12. The number of sulfonamides is 1. The van der Waals surface area contributed by atoms with Gasteiger partial charge >= 0.3 is 5.63 Å². The minimum absolute atomic E-state index is 0.00394. The van der Waals surface area contributed by atoms with Crippen molar-refractivity contribution in [1.82, 2.24) is 5.32 Å². The quantitative estimate of drug-likeness (QED) is 0.589. The third kappa shape index (κ3) is 5.01. The Hall–Kier alpha value is -3.17. The second-order valence-corrected chi connectivity index (χ2v) is 8.20. The molecule has 0 radical (unpaired) electrons. The van der Waals surface area contributed by atoms with E-state index in [1.165, 1.54) is 18.2 Å². The zero-order valence-electron chi connectivity index (χ0n) is 15.9. The third-order valence-electron chi connectivity index (χ3n) is 4.25. The predicted octanol–water partition coefficient (Wildman–Crippen LogP) is 1.75. The summed E-state index contributed by atoms with van der Waals surface area (Å²) in [6, 6.07) is 10.8. The molecule has 8 nitrogen and oxygen atoms in total. The molecule has 0 aliphatic carbocycles. The van der Waals surface area contributed by atoms with Crippen molar-refractivity contribution in [2.45, 2.75) is 25.3 Å². The van der Waals surface area contributed by atoms with Crippen LogP contribution in [0.3, 0.4) is 0 Å². The molecule has 0 saturated carbocycles. The lowest BCUT2D eigenvalue weighted by molar-refractivity contribution is -0.123. The van der Waals surface area contributed by atoms with Gasteiger partial charge in [-0.05, 0) is 54.8 Å². The first-order chi connectivity index (χ1) is 13.6. The van der Waals surface area contributed by atoms with Crippen LogP contribution in [0.5, 0.6) is 5.75 Å². The smallest absolute Gasteiger partial charge is 0.336 e. The van der Waals surface area contributed by atoms with Crippen LogP contribution in [0.25, 0.3) is 11.0 Å². The van der Waals surface area contributed by atoms with Crippen LogP contribution in [0, 0.1) is 13.8 Å². The van der Waals surface area contributed by atoms with Crippen LogP contribution < -0.4 is 20.8 Å². The fourth-order valence-electron chi connectivity index (χ4n) is 2.88. The first-order valence-electron chi connectivity index (χ1n) is 8.70. The third-order valence-corrected chi connectivity index (χ3v) is 5.18. The van der Waals surface area contributed by atoms with Crippen molar-refractivity contribution in [3.05, 3.63) is 69.6 Å². The zero-order chi connectivity index (χ0) is 21.2. The topological polar surface area (TPSA) is 129 Å². The van der Waals surface area contributed by atoms with Gasteiger partial charge in [0.25, 0.3) is 5.91 Å². The molecule has 3 aromatic rings. The summed E-state index contributed by atoms with van der Waals surface area (Å²) in [5.41, 5.74) is 2.20. The van der Waals surface area contributed by atoms with Gasteiger partial charge in [0.1, 0.15) is 11.3 Å². The van der Waals surface area contributed by atoms with E-state index >= 15 is 0 Å². The van der Waals surface area contributed by atoms with Crippen molar-refractivity contribution in [1.29, 1.82) is 0 Å². The molecule has 0 saturated heterocycles. The van der Waals surface area contributed by atoms with Gasteiger partial charge in [-0.25, -0.2) is 18.4 Å². The van der Waals surface area contributed by atoms with Crippen LogP contribution in [0.1, 0.15) is 16.7 Å². The lowest BCUT2D eigenvalue weighted by Crippen LogP contribution is -2.28. The molecule has 3 rings (SSSR count). The summed E-state index contributed by atoms with van der Waals surface area (Å²) in [4.78, 5) is 23.7. The van der Waals surface area contributed by atoms with E-state index in [4.69, 9.17) is 14.3 Å². The van der Waals surface area contributed by atoms with Gasteiger partial charge in [-0.3, -0.25) is 4.79 Å². The molecule has 0 aliphatic rings. The zero-order valence-corrected chi connectivity index (χ0v) is 16.7. The standard InChI is InChI=1S/C20H20N2O6S/c1-12-7-16(20-13(2)9-19(24)28-17(20)8-12)27-11-18(23)22-10-14-3-5-15(6-4-14)29(21,25)26/h3-9H,10-11H2,1-2H3,(H,22,23)(H2,21,25,26). The van der Waals surface area contributed by atoms with Gasteiger partial charge < -0.3 is 14.5 Å². The van der Waals surface area contributed by atoms with E-state index < -0.39 is 15.6 Å². The highest BCUT2D eigenvalue weighted by molar-refractivity contribution is 7.89. The fourth-order valence-corrected chi connectivity index (χ4v) is 3.40. The van der Waals surface area contributed by atoms with Gasteiger partial charge in [-0.1, -0.05) is 12.1 Å². The highest BCUT2D eigenvalue weighted by Crippen LogP contribution is 2.29. The van der Waals surface area contributed by atoms with E-state index in [0.29, 0.717) is 27.8 Å². The van der Waals surface area contributed by atoms with E-state index in [0.717, 1.165) is 5.56 Å². The number of hydrogen-bond donors (Lipinski definition) is 2. The maximum Gasteiger partial charge on any atom is 0.336 e. The predicted molar refractivity (Wildman–Crippen MR) is 107 cm³/mol. The van der Waals surface area contributed by atoms with Crippen LogP contribution in [-0.4, -0.2) is 20.9 Å². The molecule has 0 atom stereocenters. The average molecular weight is 416 g/mol. The molecule has 2 aromatic carbocycles. The van der Waals surface area contributed by atoms with E-state index in [9.17, 15) is 18.0 Å². The second-order valence-electron chi connectivity index (χ2n) is 6.64. The number of hydrogen-bond acceptors (Lipinski definition) is 6. The average Bonchev–Trinajstić information content (AvgIpc) is 2.63. The van der Waals surface area contributed by atoms with Gasteiger partial charge in [0.05, 0.1) is 10.3 Å². The number of rotatable bonds is 6. The van der Waals surface area contributed by atoms with Crippen molar-refractivity contribution in [3.63, 3.8) is 0 Å². The lowest BCUT2D eigenvalue weighted by atomic mass is 10.1. The van der Waals surface area contributed by atoms with Gasteiger partial charge in [0.15, 0.2) is 6.61 Å². The fraction of sp³-hybridized carbons (Fsp3) is 0.200. The number of benzene rings is 2. The minimum Gasteiger partial charge on any atom is -0.483 e. The molecule has 0 bridgehead atoms. The first kappa shape index (κ1) is 20.6. The Morgan fingerprint density at radius 1 is 1.14 bits per heavy atom. The molecule has 1 amide bonds. The number of carbonyl (C=O) groups is 1. The molecule has 1 aromatic heterocycles. The Labute approximate surface area is 167 Å². The Balaban J connectivity index is 1.66. The number of fused-ring (bicyclic) bond motifs is 1. The number of nitrogens with one attached hydrogen (secondary N) is 1. The van der Waals surface area contributed by atoms with Crippen LogP contribution >= 0.6 is 0 Å². The molecule has 0 fully saturated rings. The second kappa shape index (κ2) is 8.06. The van der Waals surface area contributed by atoms with Gasteiger partial charge in [-0.2, -0.15) is 0 Å². The lowest BCUT2D eigenvalue weighted by Gasteiger charge is -2.12. The van der Waals surface area contributed by atoms with Crippen molar-refractivity contribution in [3.8, 4) is 5.75 Å². The summed E-state index contributed by atoms with van der Waals surface area (Å²) < 4.78 is 33.4. The van der Waals surface area contributed by atoms with Crippen LogP contribution in [0.2, 0.25) is 0 Å². The normalized spacial score (nSPS) is 11.4. The Morgan fingerprint density at radius 3 is 2.48 bits per heavy atom. The molecule has 0 unspecified atom stereocenters. The number of aryl methyl sites for hydroxylation is 2. The van der Waals surface area contributed by atoms with E-state index in [1.807, 2.05) is 6.92 Å². The van der Waals surface area contributed by atoms with Gasteiger partial charge in [0.2, 0.25) is 10.0 Å². The Bertz CT molecular complexity index is 1230. The van der Waals surface area contributed by atoms with E-state index in [1.54, 1.807) is 31.2 Å². The van der Waals surface area contributed by atoms with Crippen LogP contribution in [-0.2, 0) is 21.4 Å². The van der Waals surface area contributed by atoms with Gasteiger partial charge in [0, 0.05) is 12.6 Å². The monoisotopic (exact) mass is 416 g/mol. The van der Waals surface area contributed by atoms with Gasteiger partial charge in [-0.15, -0.1) is 0 Å². The molecule has 3 N–H and O–H groups in total. The number of ether oxygens (including phenoxy) is 1. The summed E-state index contributed by atoms with van der Waals surface area (Å²) in [5, 5.41) is 8.39. The molecular weight excluding hydrogens is 396 g/mol. The molecule has 9 heteroatoms. The number of amides is 1. The summed E-state index contributed by atoms with van der Waals surface area (Å²) in [7, 11) is -3.75. The Morgan fingerprint density at radius 2 is 1.83 bits per heavy atom. The summed E-state index contributed by atoms with van der Waals surface area (Å²) in [5.74, 6) is 0.0964. The maximum absolute atomic E-state index is 12.2. The Kier molecular flexibility index (Phi) is 5.71. The van der Waals surface area contributed by atoms with Crippen LogP contribution in [0.4, 0.5) is 0 Å². The number of carbonyl (C=O) groups excluding carboxylic acids is 1. The molecule has 0 aliphatic heterocycles. The number of primary sulfonamides is 1. The SMILES string of the molecule is Cc1cc(OCC(=O)NCc2ccc(S(N)(=O)=O)cc2)c2c(C)cc(=O)oc2c1. The molecular formula is C20H20N2O6S. The molecule has 1 heterocycles. The maximum atomic E-state index is 12.2. The van der Waals surface area contributed by atoms with Crippen molar-refractivity contribution in [2.24, 2.45) is 5.14 Å². The van der Waals surface area contributed by atoms with Crippen molar-refractivity contribution < 1.29 is 22.4 Å². The van der Waals surface area contributed by atoms with Crippen molar-refractivity contribution >= 4 is 26.9 Å². The van der Waals surface area contributed by atoms with Crippen LogP contribution in [0.15, 0.2) is 56.6 Å². The summed E-state index contributed by atoms with van der Waals surface area (Å²) in [6.45, 7) is 3.58. The molecule has 152 valence electrons.